The van der Waals surface area contributed by atoms with Gasteiger partial charge in [-0.05, 0) is 42.7 Å². The van der Waals surface area contributed by atoms with Gasteiger partial charge in [0.05, 0.1) is 23.7 Å². The number of benzene rings is 2. The van der Waals surface area contributed by atoms with Crippen molar-refractivity contribution in [3.8, 4) is 11.5 Å². The van der Waals surface area contributed by atoms with Crippen LogP contribution < -0.4 is 20.5 Å². The summed E-state index contributed by atoms with van der Waals surface area (Å²) in [7, 11) is 0. The number of rotatable bonds is 5. The third-order valence-electron chi connectivity index (χ3n) is 6.11. The van der Waals surface area contributed by atoms with Crippen LogP contribution in [0.4, 0.5) is 5.82 Å². The van der Waals surface area contributed by atoms with E-state index in [1.807, 2.05) is 47.0 Å². The number of nitrogens with one attached hydrogen (secondary N) is 1. The largest absolute Gasteiger partial charge is 0.454 e. The van der Waals surface area contributed by atoms with Crippen molar-refractivity contribution in [2.24, 2.45) is 0 Å². The van der Waals surface area contributed by atoms with Gasteiger partial charge in [0, 0.05) is 13.2 Å². The molecule has 0 aliphatic carbocycles. The molecule has 0 unspecified atom stereocenters. The second kappa shape index (κ2) is 7.93. The number of para-hydroxylation sites is 2. The highest BCUT2D eigenvalue weighted by atomic mass is 16.7. The summed E-state index contributed by atoms with van der Waals surface area (Å²) in [6.45, 7) is 1.79. The monoisotopic (exact) mass is 445 g/mol. The molecule has 33 heavy (non-hydrogen) atoms. The Labute approximate surface area is 189 Å². The number of nitrogen functional groups attached to an aromatic ring is 1. The molecule has 1 amide bonds. The fraction of sp³-hybridized carbons (Fsp3) is 0.292. The van der Waals surface area contributed by atoms with E-state index in [1.54, 1.807) is 0 Å². The van der Waals surface area contributed by atoms with E-state index in [0.717, 1.165) is 30.5 Å². The van der Waals surface area contributed by atoms with Crippen LogP contribution in [0.1, 0.15) is 28.8 Å². The lowest BCUT2D eigenvalue weighted by molar-refractivity contribution is 0.0859. The third-order valence-corrected chi connectivity index (χ3v) is 6.11. The van der Waals surface area contributed by atoms with Gasteiger partial charge in [0.15, 0.2) is 17.1 Å². The average molecular weight is 445 g/mol. The number of carbonyl (C=O) groups is 1. The van der Waals surface area contributed by atoms with Crippen LogP contribution in [0.2, 0.25) is 0 Å². The highest BCUT2D eigenvalue weighted by Crippen LogP contribution is 2.34. The zero-order chi connectivity index (χ0) is 22.4. The number of nitrogens with two attached hydrogens (primary N) is 1. The lowest BCUT2D eigenvalue weighted by atomic mass is 10.2. The highest BCUT2D eigenvalue weighted by molar-refractivity contribution is 6.10. The molecule has 1 fully saturated rings. The third kappa shape index (κ3) is 3.50. The number of amides is 1. The molecule has 3 N–H and O–H groups in total. The standard InChI is InChI=1S/C24H23N5O4/c25-22-20(24(30)26-11-15-4-3-9-31-15)21-23(28-17-6-2-1-5-16(17)27-21)29(22)12-14-7-8-18-19(10-14)33-13-32-18/h1-2,5-8,10,15H,3-4,9,11-13,25H2,(H,26,30)/t15-/m1/s1. The van der Waals surface area contributed by atoms with Crippen LogP contribution in [0.5, 0.6) is 11.5 Å². The summed E-state index contributed by atoms with van der Waals surface area (Å²) >= 11 is 0. The number of fused-ring (bicyclic) bond motifs is 3. The Balaban J connectivity index is 1.43. The summed E-state index contributed by atoms with van der Waals surface area (Å²) in [5.74, 6) is 1.45. The van der Waals surface area contributed by atoms with Crippen LogP contribution >= 0.6 is 0 Å². The van der Waals surface area contributed by atoms with Crippen molar-refractivity contribution in [3.05, 3.63) is 53.6 Å². The van der Waals surface area contributed by atoms with E-state index in [9.17, 15) is 4.79 Å². The first kappa shape index (κ1) is 19.8. The number of anilines is 1. The van der Waals surface area contributed by atoms with Gasteiger partial charge in [-0.1, -0.05) is 18.2 Å². The molecule has 4 aromatic rings. The molecule has 2 aliphatic rings. The molecule has 4 heterocycles. The van der Waals surface area contributed by atoms with Gasteiger partial charge in [0.2, 0.25) is 6.79 Å². The smallest absolute Gasteiger partial charge is 0.257 e. The van der Waals surface area contributed by atoms with Crippen molar-refractivity contribution in [2.45, 2.75) is 25.5 Å². The van der Waals surface area contributed by atoms with Gasteiger partial charge >= 0.3 is 0 Å². The van der Waals surface area contributed by atoms with Crippen molar-refractivity contribution in [1.29, 1.82) is 0 Å². The van der Waals surface area contributed by atoms with Crippen LogP contribution in [0.15, 0.2) is 42.5 Å². The summed E-state index contributed by atoms with van der Waals surface area (Å²) < 4.78 is 18.4. The van der Waals surface area contributed by atoms with E-state index in [0.29, 0.717) is 52.7 Å². The first-order valence-electron chi connectivity index (χ1n) is 11.0. The molecule has 1 saturated heterocycles. The molecule has 2 aromatic carbocycles. The highest BCUT2D eigenvalue weighted by Gasteiger charge is 2.26. The number of carbonyl (C=O) groups excluding carboxylic acids is 1. The lowest BCUT2D eigenvalue weighted by Crippen LogP contribution is -2.32. The van der Waals surface area contributed by atoms with E-state index in [2.05, 4.69) is 5.32 Å². The maximum atomic E-state index is 13.2. The minimum absolute atomic E-state index is 0.0315. The molecule has 168 valence electrons. The van der Waals surface area contributed by atoms with E-state index in [4.69, 9.17) is 29.9 Å². The molecule has 9 heteroatoms. The Kier molecular flexibility index (Phi) is 4.76. The van der Waals surface area contributed by atoms with E-state index < -0.39 is 0 Å². The van der Waals surface area contributed by atoms with Crippen molar-refractivity contribution in [3.63, 3.8) is 0 Å². The minimum atomic E-state index is -0.276. The molecule has 1 atom stereocenters. The Morgan fingerprint density at radius 1 is 1.12 bits per heavy atom. The van der Waals surface area contributed by atoms with E-state index in [1.165, 1.54) is 0 Å². The summed E-state index contributed by atoms with van der Waals surface area (Å²) in [5, 5.41) is 2.97. The quantitative estimate of drug-likeness (QED) is 0.486. The summed E-state index contributed by atoms with van der Waals surface area (Å²) in [4.78, 5) is 22.8. The Hall–Kier alpha value is -3.85. The van der Waals surface area contributed by atoms with Crippen molar-refractivity contribution >= 4 is 33.9 Å². The molecule has 6 rings (SSSR count). The van der Waals surface area contributed by atoms with Gasteiger partial charge in [-0.25, -0.2) is 9.97 Å². The minimum Gasteiger partial charge on any atom is -0.454 e. The van der Waals surface area contributed by atoms with Crippen molar-refractivity contribution in [1.82, 2.24) is 19.9 Å². The summed E-state index contributed by atoms with van der Waals surface area (Å²) in [6.07, 6.45) is 1.98. The fourth-order valence-electron chi connectivity index (χ4n) is 4.42. The lowest BCUT2D eigenvalue weighted by Gasteiger charge is -2.11. The van der Waals surface area contributed by atoms with Gasteiger partial charge in [0.1, 0.15) is 16.9 Å². The van der Waals surface area contributed by atoms with Crippen LogP contribution in [0.25, 0.3) is 22.2 Å². The zero-order valence-corrected chi connectivity index (χ0v) is 17.9. The maximum Gasteiger partial charge on any atom is 0.257 e. The molecular formula is C24H23N5O4. The topological polar surface area (TPSA) is 114 Å². The SMILES string of the molecule is Nc1c(C(=O)NC[C@H]2CCCO2)c2nc3ccccc3nc2n1Cc1ccc2c(c1)OCO2. The predicted molar refractivity (Wildman–Crippen MR) is 122 cm³/mol. The molecule has 0 spiro atoms. The molecule has 0 radical (unpaired) electrons. The Bertz CT molecular complexity index is 1380. The predicted octanol–water partition coefficient (Wildman–Crippen LogP) is 2.85. The van der Waals surface area contributed by atoms with Crippen LogP contribution in [0, 0.1) is 0 Å². The molecule has 2 aromatic heterocycles. The molecule has 0 bridgehead atoms. The van der Waals surface area contributed by atoms with Crippen LogP contribution in [-0.2, 0) is 11.3 Å². The molecule has 2 aliphatic heterocycles. The molecule has 0 saturated carbocycles. The van der Waals surface area contributed by atoms with Gasteiger partial charge in [0.25, 0.3) is 5.91 Å². The first-order chi connectivity index (χ1) is 16.2. The second-order valence-electron chi connectivity index (χ2n) is 8.26. The Morgan fingerprint density at radius 3 is 2.76 bits per heavy atom. The summed E-state index contributed by atoms with van der Waals surface area (Å²) in [5.41, 5.74) is 10.3. The van der Waals surface area contributed by atoms with Gasteiger partial charge in [-0.2, -0.15) is 0 Å². The Morgan fingerprint density at radius 2 is 1.94 bits per heavy atom. The van der Waals surface area contributed by atoms with Crippen molar-refractivity contribution in [2.75, 3.05) is 25.7 Å². The fourth-order valence-corrected chi connectivity index (χ4v) is 4.42. The number of ether oxygens (including phenoxy) is 3. The van der Waals surface area contributed by atoms with Crippen molar-refractivity contribution < 1.29 is 19.0 Å². The van der Waals surface area contributed by atoms with E-state index in [-0.39, 0.29) is 18.8 Å². The van der Waals surface area contributed by atoms with Crippen LogP contribution in [0.3, 0.4) is 0 Å². The number of aromatic nitrogens is 3. The zero-order valence-electron chi connectivity index (χ0n) is 17.9. The van der Waals surface area contributed by atoms with Gasteiger partial charge < -0.3 is 29.8 Å². The van der Waals surface area contributed by atoms with Gasteiger partial charge in [-0.15, -0.1) is 0 Å². The average Bonchev–Trinajstić information content (AvgIpc) is 3.57. The van der Waals surface area contributed by atoms with Gasteiger partial charge in [-0.3, -0.25) is 4.79 Å². The second-order valence-corrected chi connectivity index (χ2v) is 8.26. The number of hydrogen-bond acceptors (Lipinski definition) is 7. The molecule has 9 nitrogen and oxygen atoms in total. The summed E-state index contributed by atoms with van der Waals surface area (Å²) in [6, 6.07) is 13.3. The number of hydrogen-bond donors (Lipinski definition) is 2. The number of nitrogens with zero attached hydrogens (tertiary/aromatic N) is 3. The normalized spacial score (nSPS) is 17.2. The van der Waals surface area contributed by atoms with Crippen LogP contribution in [-0.4, -0.2) is 46.5 Å². The first-order valence-corrected chi connectivity index (χ1v) is 11.0. The van der Waals surface area contributed by atoms with E-state index >= 15 is 0 Å². The maximum absolute atomic E-state index is 13.2. The molecular weight excluding hydrogens is 422 g/mol.